The minimum absolute atomic E-state index is 0.255. The number of ether oxygens (including phenoxy) is 1. The van der Waals surface area contributed by atoms with Crippen LogP contribution >= 0.6 is 0 Å². The van der Waals surface area contributed by atoms with E-state index >= 15 is 0 Å². The Kier molecular flexibility index (Phi) is 2.65. The number of hydrogen-bond donors (Lipinski definition) is 1. The highest BCUT2D eigenvalue weighted by Crippen LogP contribution is 2.20. The minimum atomic E-state index is -0.255. The van der Waals surface area contributed by atoms with Crippen molar-refractivity contribution in [2.45, 2.75) is 13.2 Å². The number of nitrogens with one attached hydrogen (secondary N) is 1. The van der Waals surface area contributed by atoms with E-state index in [0.29, 0.717) is 24.2 Å². The summed E-state index contributed by atoms with van der Waals surface area (Å²) in [5, 5.41) is 11.0. The lowest BCUT2D eigenvalue weighted by molar-refractivity contribution is 0.134. The second-order valence-corrected chi connectivity index (χ2v) is 4.79. The maximum atomic E-state index is 12.1. The fourth-order valence-electron chi connectivity index (χ4n) is 2.31. The average Bonchev–Trinajstić information content (AvgIpc) is 3.15. The van der Waals surface area contributed by atoms with Crippen LogP contribution in [0.1, 0.15) is 16.7 Å². The molecule has 3 aromatic rings. The van der Waals surface area contributed by atoms with Crippen LogP contribution in [0.25, 0.3) is 11.0 Å². The number of benzene rings is 1. The van der Waals surface area contributed by atoms with Crippen LogP contribution in [0.4, 0.5) is 0 Å². The zero-order chi connectivity index (χ0) is 14.2. The lowest BCUT2D eigenvalue weighted by Gasteiger charge is -1.99. The van der Waals surface area contributed by atoms with E-state index in [4.69, 9.17) is 4.74 Å². The normalized spacial score (nSPS) is 14.1. The van der Waals surface area contributed by atoms with E-state index in [1.807, 2.05) is 18.2 Å². The smallest absolute Gasteiger partial charge is 0.285 e. The monoisotopic (exact) mass is 281 g/mol. The van der Waals surface area contributed by atoms with Gasteiger partial charge in [-0.2, -0.15) is 14.9 Å². The number of aromatic nitrogens is 4. The van der Waals surface area contributed by atoms with Crippen molar-refractivity contribution < 1.29 is 4.74 Å². The third-order valence-corrected chi connectivity index (χ3v) is 3.43. The number of hydrogen-bond acceptors (Lipinski definition) is 5. The molecule has 0 bridgehead atoms. The first-order chi connectivity index (χ1) is 10.3. The number of nitrogens with zero attached hydrogens (tertiary/aromatic N) is 4. The van der Waals surface area contributed by atoms with E-state index in [0.717, 1.165) is 11.1 Å². The molecule has 0 aliphatic carbocycles. The molecule has 1 aliphatic rings. The summed E-state index contributed by atoms with van der Waals surface area (Å²) in [6.07, 6.45) is 4.45. The molecule has 7 nitrogen and oxygen atoms in total. The van der Waals surface area contributed by atoms with Crippen molar-refractivity contribution in [3.8, 4) is 0 Å². The number of aromatic amines is 1. The van der Waals surface area contributed by atoms with Crippen LogP contribution in [0.15, 0.2) is 40.6 Å². The van der Waals surface area contributed by atoms with Gasteiger partial charge in [-0.1, -0.05) is 12.1 Å². The zero-order valence-electron chi connectivity index (χ0n) is 11.0. The Morgan fingerprint density at radius 2 is 2.24 bits per heavy atom. The molecule has 1 aromatic carbocycles. The van der Waals surface area contributed by atoms with Crippen molar-refractivity contribution in [3.05, 3.63) is 57.8 Å². The summed E-state index contributed by atoms with van der Waals surface area (Å²) < 4.78 is 6.57. The van der Waals surface area contributed by atoms with E-state index in [2.05, 4.69) is 20.3 Å². The molecule has 1 aliphatic heterocycles. The summed E-state index contributed by atoms with van der Waals surface area (Å²) in [7, 11) is 0. The molecule has 0 radical (unpaired) electrons. The molecule has 0 saturated heterocycles. The molecule has 0 fully saturated rings. The fourth-order valence-corrected chi connectivity index (χ4v) is 2.31. The van der Waals surface area contributed by atoms with Gasteiger partial charge >= 0.3 is 0 Å². The van der Waals surface area contributed by atoms with Crippen LogP contribution in [-0.2, 0) is 18.0 Å². The van der Waals surface area contributed by atoms with Crippen LogP contribution in [0.5, 0.6) is 0 Å². The van der Waals surface area contributed by atoms with Gasteiger partial charge in [-0.15, -0.1) is 0 Å². The van der Waals surface area contributed by atoms with E-state index in [1.54, 1.807) is 6.21 Å². The largest absolute Gasteiger partial charge is 0.372 e. The van der Waals surface area contributed by atoms with Crippen molar-refractivity contribution in [2.75, 3.05) is 0 Å². The Balaban J connectivity index is 1.70. The van der Waals surface area contributed by atoms with Crippen molar-refractivity contribution in [1.29, 1.82) is 0 Å². The maximum Gasteiger partial charge on any atom is 0.285 e. The van der Waals surface area contributed by atoms with Gasteiger partial charge in [0.15, 0.2) is 5.65 Å². The standard InChI is InChI=1S/C14H11N5O2/c20-14-12-5-16-18-13(12)15-8-19(14)17-4-9-1-2-10-6-21-7-11(10)3-9/h1-5,8H,6-7H2,(H,16,18)/b17-4+. The topological polar surface area (TPSA) is 85.2 Å². The van der Waals surface area contributed by atoms with Gasteiger partial charge in [-0.25, -0.2) is 4.98 Å². The van der Waals surface area contributed by atoms with Crippen molar-refractivity contribution in [2.24, 2.45) is 5.10 Å². The SMILES string of the molecule is O=c1c2cn[nH]c2ncn1/N=C/c1ccc2c(c1)COC2. The first kappa shape index (κ1) is 12.0. The predicted molar refractivity (Wildman–Crippen MR) is 76.1 cm³/mol. The van der Waals surface area contributed by atoms with Crippen molar-refractivity contribution in [1.82, 2.24) is 19.9 Å². The van der Waals surface area contributed by atoms with Crippen LogP contribution < -0.4 is 5.56 Å². The van der Waals surface area contributed by atoms with Gasteiger partial charge in [-0.05, 0) is 22.8 Å². The second kappa shape index (κ2) is 4.64. The van der Waals surface area contributed by atoms with Gasteiger partial charge in [0, 0.05) is 0 Å². The zero-order valence-corrected chi connectivity index (χ0v) is 11.0. The Bertz CT molecular complexity index is 909. The van der Waals surface area contributed by atoms with E-state index < -0.39 is 0 Å². The van der Waals surface area contributed by atoms with Crippen molar-refractivity contribution in [3.63, 3.8) is 0 Å². The molecule has 4 rings (SSSR count). The summed E-state index contributed by atoms with van der Waals surface area (Å²) in [6, 6.07) is 5.98. The third kappa shape index (κ3) is 2.03. The Labute approximate surface area is 118 Å². The first-order valence-electron chi connectivity index (χ1n) is 6.46. The molecule has 0 unspecified atom stereocenters. The molecule has 7 heteroatoms. The number of rotatable bonds is 2. The predicted octanol–water partition coefficient (Wildman–Crippen LogP) is 1.03. The maximum absolute atomic E-state index is 12.1. The lowest BCUT2D eigenvalue weighted by atomic mass is 10.1. The van der Waals surface area contributed by atoms with Gasteiger partial charge in [0.05, 0.1) is 25.6 Å². The van der Waals surface area contributed by atoms with Crippen LogP contribution in [0.2, 0.25) is 0 Å². The van der Waals surface area contributed by atoms with Crippen LogP contribution in [-0.4, -0.2) is 26.1 Å². The molecule has 21 heavy (non-hydrogen) atoms. The second-order valence-electron chi connectivity index (χ2n) is 4.79. The average molecular weight is 281 g/mol. The molecule has 104 valence electrons. The molecular weight excluding hydrogens is 270 g/mol. The molecule has 2 aromatic heterocycles. The third-order valence-electron chi connectivity index (χ3n) is 3.43. The van der Waals surface area contributed by atoms with Crippen molar-refractivity contribution >= 4 is 17.2 Å². The lowest BCUT2D eigenvalue weighted by Crippen LogP contribution is -2.16. The fraction of sp³-hybridized carbons (Fsp3) is 0.143. The summed E-state index contributed by atoms with van der Waals surface area (Å²) in [5.74, 6) is 0. The van der Waals surface area contributed by atoms with E-state index in [-0.39, 0.29) is 5.56 Å². The quantitative estimate of drug-likeness (QED) is 0.711. The molecule has 0 spiro atoms. The van der Waals surface area contributed by atoms with E-state index in [1.165, 1.54) is 22.8 Å². The Morgan fingerprint density at radius 1 is 1.33 bits per heavy atom. The molecule has 0 atom stereocenters. The van der Waals surface area contributed by atoms with Crippen LogP contribution in [0.3, 0.4) is 0 Å². The number of H-pyrrole nitrogens is 1. The minimum Gasteiger partial charge on any atom is -0.372 e. The molecule has 0 saturated carbocycles. The number of fused-ring (bicyclic) bond motifs is 2. The summed E-state index contributed by atoms with van der Waals surface area (Å²) in [4.78, 5) is 16.2. The Hall–Kier alpha value is -2.80. The highest BCUT2D eigenvalue weighted by Gasteiger charge is 2.10. The summed E-state index contributed by atoms with van der Waals surface area (Å²) >= 11 is 0. The summed E-state index contributed by atoms with van der Waals surface area (Å²) in [6.45, 7) is 1.28. The van der Waals surface area contributed by atoms with Gasteiger partial charge in [0.1, 0.15) is 11.7 Å². The van der Waals surface area contributed by atoms with E-state index in [9.17, 15) is 4.79 Å². The molecule has 0 amide bonds. The highest BCUT2D eigenvalue weighted by atomic mass is 16.5. The highest BCUT2D eigenvalue weighted by molar-refractivity contribution is 5.80. The van der Waals surface area contributed by atoms with Crippen LogP contribution in [0, 0.1) is 0 Å². The van der Waals surface area contributed by atoms with Gasteiger partial charge < -0.3 is 4.74 Å². The Morgan fingerprint density at radius 3 is 3.19 bits per heavy atom. The van der Waals surface area contributed by atoms with Gasteiger partial charge in [0.25, 0.3) is 5.56 Å². The first-order valence-corrected chi connectivity index (χ1v) is 6.46. The molecular formula is C14H11N5O2. The summed E-state index contributed by atoms with van der Waals surface area (Å²) in [5.41, 5.74) is 3.48. The molecule has 3 heterocycles. The van der Waals surface area contributed by atoms with Gasteiger partial charge in [-0.3, -0.25) is 9.89 Å². The van der Waals surface area contributed by atoms with Gasteiger partial charge in [0.2, 0.25) is 0 Å². The molecule has 1 N–H and O–H groups in total.